The zero-order valence-electron chi connectivity index (χ0n) is 35.7. The molecular formula is C48H56O4. The molecule has 6 rings (SSSR count). The van der Waals surface area contributed by atoms with Crippen molar-refractivity contribution in [1.29, 1.82) is 0 Å². The minimum Gasteiger partial charge on any atom is -0.507 e. The Kier molecular flexibility index (Phi) is 10.7. The standard InChI is InChI=1S/2C24H28O2/c2*1-16(2)20-12-9-17(3)13-21(20)24-22(25)14-19(15-23(24)26)11-10-18-7-5-4-6-8-18/h2*4-8,13-15,20-21,25-26H,1,9-12H2,2-3H3/i2D3;1D2. The lowest BCUT2D eigenvalue weighted by Crippen LogP contribution is -2.17. The summed E-state index contributed by atoms with van der Waals surface area (Å²) in [6.07, 6.45) is 10.2. The molecule has 0 saturated heterocycles. The Labute approximate surface area is 318 Å². The van der Waals surface area contributed by atoms with Crippen LogP contribution in [0.3, 0.4) is 0 Å². The second kappa shape index (κ2) is 17.5. The van der Waals surface area contributed by atoms with Gasteiger partial charge in [0, 0.05) is 27.1 Å². The van der Waals surface area contributed by atoms with Gasteiger partial charge in [-0.3, -0.25) is 0 Å². The van der Waals surface area contributed by atoms with Gasteiger partial charge in [-0.2, -0.15) is 0 Å². The monoisotopic (exact) mass is 701 g/mol. The van der Waals surface area contributed by atoms with Gasteiger partial charge >= 0.3 is 0 Å². The SMILES string of the molecule is [2H]C([2H])([2H])C(=C)C1CCC(C)=CC1c1c(O)cc(CCc2ccccc2)cc1O.[2H]C([2H])=C(C)C1CCC(C)=CC1c1c(O)cc(CCc2ccccc2)cc1O. The van der Waals surface area contributed by atoms with E-state index in [1.807, 2.05) is 63.2 Å². The summed E-state index contributed by atoms with van der Waals surface area (Å²) in [6.45, 7) is 7.24. The quantitative estimate of drug-likeness (QED) is 0.124. The van der Waals surface area contributed by atoms with Crippen molar-refractivity contribution in [2.24, 2.45) is 11.8 Å². The summed E-state index contributed by atoms with van der Waals surface area (Å²) >= 11 is 0. The maximum absolute atomic E-state index is 10.8. The molecule has 0 spiro atoms. The Bertz CT molecular complexity index is 2070. The molecule has 272 valence electrons. The van der Waals surface area contributed by atoms with Crippen molar-refractivity contribution < 1.29 is 27.3 Å². The number of aryl methyl sites for hydroxylation is 4. The van der Waals surface area contributed by atoms with Gasteiger partial charge in [-0.25, -0.2) is 0 Å². The van der Waals surface area contributed by atoms with E-state index in [2.05, 4.69) is 36.9 Å². The number of hydrogen-bond donors (Lipinski definition) is 4. The first-order chi connectivity index (χ1) is 27.0. The van der Waals surface area contributed by atoms with Crippen molar-refractivity contribution in [1.82, 2.24) is 0 Å². The number of hydrogen-bond acceptors (Lipinski definition) is 4. The largest absolute Gasteiger partial charge is 0.507 e. The summed E-state index contributed by atoms with van der Waals surface area (Å²) in [6, 6.07) is 27.1. The van der Waals surface area contributed by atoms with Crippen LogP contribution in [0.1, 0.15) is 105 Å². The number of aromatic hydroxyl groups is 4. The Morgan fingerprint density at radius 2 is 0.981 bits per heavy atom. The zero-order chi connectivity index (χ0) is 41.4. The predicted octanol–water partition coefficient (Wildman–Crippen LogP) is 11.8. The van der Waals surface area contributed by atoms with Gasteiger partial charge in [0.05, 0.1) is 2.74 Å². The van der Waals surface area contributed by atoms with E-state index in [0.29, 0.717) is 29.5 Å². The molecule has 0 aliphatic heterocycles. The minimum atomic E-state index is -2.26. The maximum Gasteiger partial charge on any atom is 0.123 e. The molecule has 4 aromatic rings. The fraction of sp³-hybridized carbons (Fsp3) is 0.333. The van der Waals surface area contributed by atoms with Crippen molar-refractivity contribution in [2.75, 3.05) is 0 Å². The highest BCUT2D eigenvalue weighted by Gasteiger charge is 2.31. The summed E-state index contributed by atoms with van der Waals surface area (Å²) in [4.78, 5) is 0. The van der Waals surface area contributed by atoms with Crippen LogP contribution in [0, 0.1) is 11.8 Å². The molecular weight excluding hydrogens is 641 g/mol. The molecule has 0 saturated carbocycles. The van der Waals surface area contributed by atoms with Crippen LogP contribution in [0.4, 0.5) is 0 Å². The lowest BCUT2D eigenvalue weighted by Gasteiger charge is -2.31. The molecule has 0 fully saturated rings. The first kappa shape index (κ1) is 31.7. The maximum atomic E-state index is 10.8. The highest BCUT2D eigenvalue weighted by Crippen LogP contribution is 2.48. The van der Waals surface area contributed by atoms with E-state index in [0.717, 1.165) is 55.2 Å². The third-order valence-corrected chi connectivity index (χ3v) is 10.6. The van der Waals surface area contributed by atoms with E-state index < -0.39 is 12.8 Å². The van der Waals surface area contributed by atoms with Crippen LogP contribution in [0.25, 0.3) is 0 Å². The Morgan fingerprint density at radius 3 is 1.35 bits per heavy atom. The summed E-state index contributed by atoms with van der Waals surface area (Å²) in [5, 5.41) is 43.0. The van der Waals surface area contributed by atoms with Crippen LogP contribution in [-0.2, 0) is 25.7 Å². The highest BCUT2D eigenvalue weighted by molar-refractivity contribution is 5.53. The molecule has 0 radical (unpaired) electrons. The van der Waals surface area contributed by atoms with Crippen molar-refractivity contribution in [3.05, 3.63) is 166 Å². The first-order valence-corrected chi connectivity index (χ1v) is 18.4. The summed E-state index contributed by atoms with van der Waals surface area (Å²) in [5.74, 6) is -0.831. The van der Waals surface area contributed by atoms with Crippen molar-refractivity contribution in [3.8, 4) is 23.0 Å². The molecule has 2 aliphatic rings. The van der Waals surface area contributed by atoms with Crippen LogP contribution in [-0.4, -0.2) is 20.4 Å². The number of allylic oxidation sites excluding steroid dienone is 6. The Morgan fingerprint density at radius 1 is 0.615 bits per heavy atom. The zero-order valence-corrected chi connectivity index (χ0v) is 30.7. The molecule has 52 heavy (non-hydrogen) atoms. The van der Waals surface area contributed by atoms with Crippen molar-refractivity contribution >= 4 is 0 Å². The molecule has 0 heterocycles. The fourth-order valence-corrected chi connectivity index (χ4v) is 7.78. The normalized spacial score (nSPS) is 21.4. The molecule has 4 nitrogen and oxygen atoms in total. The summed E-state index contributed by atoms with van der Waals surface area (Å²) in [5.41, 5.74) is 8.25. The van der Waals surface area contributed by atoms with E-state index in [-0.39, 0.29) is 52.9 Å². The molecule has 0 bridgehead atoms. The van der Waals surface area contributed by atoms with Crippen LogP contribution in [0.15, 0.2) is 132 Å². The fourth-order valence-electron chi connectivity index (χ4n) is 7.78. The van der Waals surface area contributed by atoms with Gasteiger partial charge in [0.1, 0.15) is 23.0 Å². The van der Waals surface area contributed by atoms with Crippen LogP contribution < -0.4 is 0 Å². The molecule has 4 unspecified atom stereocenters. The number of benzene rings is 4. The van der Waals surface area contributed by atoms with Gasteiger partial charge < -0.3 is 20.4 Å². The average molecular weight is 702 g/mol. The second-order valence-corrected chi connectivity index (χ2v) is 14.6. The minimum absolute atomic E-state index is 0.00681. The van der Waals surface area contributed by atoms with E-state index in [1.165, 1.54) is 16.7 Å². The van der Waals surface area contributed by atoms with Crippen molar-refractivity contribution in [3.63, 3.8) is 0 Å². The van der Waals surface area contributed by atoms with E-state index in [9.17, 15) is 20.4 Å². The molecule has 2 aliphatic carbocycles. The smallest absolute Gasteiger partial charge is 0.123 e. The third-order valence-electron chi connectivity index (χ3n) is 10.6. The van der Waals surface area contributed by atoms with Crippen LogP contribution in [0.5, 0.6) is 23.0 Å². The summed E-state index contributed by atoms with van der Waals surface area (Å²) in [7, 11) is 0. The molecule has 4 N–H and O–H groups in total. The molecule has 0 aromatic heterocycles. The van der Waals surface area contributed by atoms with Crippen LogP contribution in [0.2, 0.25) is 0 Å². The van der Waals surface area contributed by atoms with E-state index >= 15 is 0 Å². The predicted molar refractivity (Wildman–Crippen MR) is 215 cm³/mol. The lowest BCUT2D eigenvalue weighted by atomic mass is 9.73. The van der Waals surface area contributed by atoms with Gasteiger partial charge in [0.2, 0.25) is 0 Å². The van der Waals surface area contributed by atoms with Gasteiger partial charge in [-0.05, 0) is 137 Å². The van der Waals surface area contributed by atoms with Crippen LogP contribution >= 0.6 is 0 Å². The average Bonchev–Trinajstić information content (AvgIpc) is 3.16. The van der Waals surface area contributed by atoms with Gasteiger partial charge in [-0.15, -0.1) is 0 Å². The Hall–Kier alpha value is -4.96. The molecule has 4 aromatic carbocycles. The van der Waals surface area contributed by atoms with Gasteiger partial charge in [-0.1, -0.05) is 108 Å². The summed E-state index contributed by atoms with van der Waals surface area (Å²) < 4.78 is 38.6. The number of phenolic OH excluding ortho intramolecular Hbond substituents is 4. The molecule has 4 heteroatoms. The Balaban J connectivity index is 0.000000218. The van der Waals surface area contributed by atoms with E-state index in [4.69, 9.17) is 6.85 Å². The lowest BCUT2D eigenvalue weighted by molar-refractivity contribution is 0.405. The number of rotatable bonds is 10. The van der Waals surface area contributed by atoms with Gasteiger partial charge in [0.15, 0.2) is 0 Å². The highest BCUT2D eigenvalue weighted by atomic mass is 16.3. The third kappa shape index (κ3) is 9.67. The second-order valence-electron chi connectivity index (χ2n) is 14.6. The van der Waals surface area contributed by atoms with E-state index in [1.54, 1.807) is 24.3 Å². The topological polar surface area (TPSA) is 80.9 Å². The van der Waals surface area contributed by atoms with Crippen molar-refractivity contribution in [2.45, 2.75) is 90.8 Å². The molecule has 0 amide bonds. The molecule has 4 atom stereocenters. The first-order valence-electron chi connectivity index (χ1n) is 20.9. The van der Waals surface area contributed by atoms with Gasteiger partial charge in [0.25, 0.3) is 0 Å². The number of phenols is 4.